The maximum Gasteiger partial charge on any atom is 0.322 e. The summed E-state index contributed by atoms with van der Waals surface area (Å²) in [4.78, 5) is 38.4. The van der Waals surface area contributed by atoms with Gasteiger partial charge in [0.2, 0.25) is 0 Å². The molecule has 0 saturated carbocycles. The van der Waals surface area contributed by atoms with Gasteiger partial charge in [0.1, 0.15) is 17.4 Å². The average Bonchev–Trinajstić information content (AvgIpc) is 3.40. The molecule has 0 spiro atoms. The van der Waals surface area contributed by atoms with Crippen molar-refractivity contribution in [1.29, 1.82) is 0 Å². The number of Topliss-reactive ketones (excluding diaryl/α,β-unsaturated/α-hetero) is 1. The first-order valence-electron chi connectivity index (χ1n) is 11.5. The number of allylic oxidation sites excluding steroid dienone is 2. The maximum atomic E-state index is 14.2. The largest absolute Gasteiger partial charge is 0.468 e. The number of nitrogens with one attached hydrogen (secondary N) is 1. The minimum absolute atomic E-state index is 0.0652. The lowest BCUT2D eigenvalue weighted by Crippen LogP contribution is -2.46. The van der Waals surface area contributed by atoms with Crippen molar-refractivity contribution in [2.45, 2.75) is 31.8 Å². The van der Waals surface area contributed by atoms with Crippen molar-refractivity contribution in [3.63, 3.8) is 0 Å². The second-order valence-corrected chi connectivity index (χ2v) is 9.41. The fraction of sp³-hybridized carbons (Fsp3) is 0.286. The Hall–Kier alpha value is -3.84. The number of nitrogens with zero attached hydrogens (tertiary/aromatic N) is 2. The van der Waals surface area contributed by atoms with Crippen LogP contribution in [0.15, 0.2) is 84.3 Å². The highest BCUT2D eigenvalue weighted by atomic mass is 16.5. The Morgan fingerprint density at radius 2 is 2.00 bits per heavy atom. The van der Waals surface area contributed by atoms with Crippen LogP contribution in [0.25, 0.3) is 10.8 Å². The van der Waals surface area contributed by atoms with Crippen molar-refractivity contribution in [2.75, 3.05) is 7.11 Å². The number of methoxy groups -OCH3 is 1. The predicted octanol–water partition coefficient (Wildman–Crippen LogP) is 4.11. The van der Waals surface area contributed by atoms with E-state index < -0.39 is 28.9 Å². The summed E-state index contributed by atoms with van der Waals surface area (Å²) >= 11 is 0. The second-order valence-electron chi connectivity index (χ2n) is 9.41. The van der Waals surface area contributed by atoms with E-state index in [1.807, 2.05) is 80.6 Å². The van der Waals surface area contributed by atoms with E-state index >= 15 is 0 Å². The first-order chi connectivity index (χ1) is 16.8. The molecule has 0 amide bonds. The second kappa shape index (κ2) is 9.80. The van der Waals surface area contributed by atoms with E-state index in [1.165, 1.54) is 7.11 Å². The van der Waals surface area contributed by atoms with E-state index in [1.54, 1.807) is 18.7 Å². The van der Waals surface area contributed by atoms with Gasteiger partial charge in [-0.3, -0.25) is 14.6 Å². The summed E-state index contributed by atoms with van der Waals surface area (Å²) in [6.45, 7) is 3.63. The number of nitrogens with two attached hydrogens (primary N) is 1. The Morgan fingerprint density at radius 3 is 2.74 bits per heavy atom. The molecule has 3 unspecified atom stereocenters. The van der Waals surface area contributed by atoms with Crippen LogP contribution in [-0.4, -0.2) is 41.1 Å². The highest BCUT2D eigenvalue weighted by Gasteiger charge is 2.47. The molecule has 0 fully saturated rings. The van der Waals surface area contributed by atoms with Gasteiger partial charge in [0.15, 0.2) is 0 Å². The number of aromatic nitrogens is 2. The summed E-state index contributed by atoms with van der Waals surface area (Å²) in [6, 6.07) is 13.2. The Labute approximate surface area is 204 Å². The highest BCUT2D eigenvalue weighted by Crippen LogP contribution is 2.45. The first kappa shape index (κ1) is 24.3. The first-order valence-corrected chi connectivity index (χ1v) is 11.5. The van der Waals surface area contributed by atoms with Crippen LogP contribution < -0.4 is 5.73 Å². The van der Waals surface area contributed by atoms with Crippen LogP contribution in [0.1, 0.15) is 31.5 Å². The molecule has 0 radical (unpaired) electrons. The predicted molar refractivity (Wildman–Crippen MR) is 137 cm³/mol. The van der Waals surface area contributed by atoms with Crippen molar-refractivity contribution >= 4 is 28.7 Å². The Morgan fingerprint density at radius 1 is 1.23 bits per heavy atom. The Bertz CT molecular complexity index is 1300. The molecule has 1 aliphatic carbocycles. The van der Waals surface area contributed by atoms with Crippen molar-refractivity contribution in [1.82, 2.24) is 9.97 Å². The monoisotopic (exact) mass is 470 g/mol. The standard InChI is InChI=1S/C28H30N4O3/c1-27(2,15-24(29)26(34)35-3)25(33)23-12-6-7-14-28(23,32-17-20-16-30-18-31-20)22-13-8-10-19-9-4-5-11-21(19)22/h4-14,16-18,23-24H,15,29H2,1-3H3,(H,30,31)/b32-17+. The SMILES string of the molecule is COC(=O)C(N)CC(C)(C)C(=O)C1C=CC=CC1(/N=C/c1c[nH]cn1)c1cccc2ccccc12. The summed E-state index contributed by atoms with van der Waals surface area (Å²) in [5, 5.41) is 2.07. The van der Waals surface area contributed by atoms with E-state index in [2.05, 4.69) is 9.97 Å². The van der Waals surface area contributed by atoms with Gasteiger partial charge in [-0.25, -0.2) is 4.98 Å². The lowest BCUT2D eigenvalue weighted by molar-refractivity contribution is -0.143. The number of aromatic amines is 1. The minimum Gasteiger partial charge on any atom is -0.468 e. The quantitative estimate of drug-likeness (QED) is 0.380. The van der Waals surface area contributed by atoms with Gasteiger partial charge < -0.3 is 15.5 Å². The molecule has 0 aliphatic heterocycles. The van der Waals surface area contributed by atoms with Crippen LogP contribution in [0.5, 0.6) is 0 Å². The van der Waals surface area contributed by atoms with E-state index in [4.69, 9.17) is 15.5 Å². The third-order valence-corrected chi connectivity index (χ3v) is 6.57. The summed E-state index contributed by atoms with van der Waals surface area (Å²) < 4.78 is 4.79. The van der Waals surface area contributed by atoms with Gasteiger partial charge >= 0.3 is 5.97 Å². The summed E-state index contributed by atoms with van der Waals surface area (Å²) in [7, 11) is 1.29. The number of H-pyrrole nitrogens is 1. The number of hydrogen-bond acceptors (Lipinski definition) is 6. The number of carbonyl (C=O) groups is 2. The molecule has 1 aromatic heterocycles. The van der Waals surface area contributed by atoms with Crippen molar-refractivity contribution in [3.05, 3.63) is 90.6 Å². The molecule has 0 bridgehead atoms. The van der Waals surface area contributed by atoms with Gasteiger partial charge in [0, 0.05) is 11.6 Å². The van der Waals surface area contributed by atoms with Crippen LogP contribution in [0.4, 0.5) is 0 Å². The van der Waals surface area contributed by atoms with E-state index in [0.717, 1.165) is 16.3 Å². The summed E-state index contributed by atoms with van der Waals surface area (Å²) in [5.74, 6) is -1.24. The van der Waals surface area contributed by atoms with Crippen LogP contribution in [0.3, 0.4) is 0 Å². The normalized spacial score (nSPS) is 20.9. The molecule has 3 atom stereocenters. The van der Waals surface area contributed by atoms with Gasteiger partial charge in [-0.05, 0) is 22.8 Å². The van der Waals surface area contributed by atoms with Gasteiger partial charge in [-0.2, -0.15) is 0 Å². The number of carbonyl (C=O) groups excluding carboxylic acids is 2. The average molecular weight is 471 g/mol. The number of aliphatic imine (C=N–C) groups is 1. The van der Waals surface area contributed by atoms with Crippen LogP contribution in [0.2, 0.25) is 0 Å². The summed E-state index contributed by atoms with van der Waals surface area (Å²) in [6.07, 6.45) is 12.8. The molecule has 7 nitrogen and oxygen atoms in total. The van der Waals surface area contributed by atoms with Gasteiger partial charge in [0.05, 0.1) is 31.3 Å². The van der Waals surface area contributed by atoms with E-state index in [-0.39, 0.29) is 12.2 Å². The zero-order chi connectivity index (χ0) is 25.1. The van der Waals surface area contributed by atoms with E-state index in [0.29, 0.717) is 5.69 Å². The van der Waals surface area contributed by atoms with E-state index in [9.17, 15) is 9.59 Å². The third kappa shape index (κ3) is 4.72. The molecular formula is C28H30N4O3. The highest BCUT2D eigenvalue weighted by molar-refractivity contribution is 5.94. The van der Waals surface area contributed by atoms with Crippen molar-refractivity contribution in [2.24, 2.45) is 22.1 Å². The molecule has 3 N–H and O–H groups in total. The number of rotatable bonds is 8. The number of fused-ring (bicyclic) bond motifs is 1. The number of imidazole rings is 1. The number of ketones is 1. The fourth-order valence-electron chi connectivity index (χ4n) is 4.76. The maximum absolute atomic E-state index is 14.2. The number of hydrogen-bond donors (Lipinski definition) is 2. The zero-order valence-electron chi connectivity index (χ0n) is 20.1. The van der Waals surface area contributed by atoms with Crippen LogP contribution >= 0.6 is 0 Å². The Kier molecular flexibility index (Phi) is 6.80. The third-order valence-electron chi connectivity index (χ3n) is 6.57. The topological polar surface area (TPSA) is 110 Å². The minimum atomic E-state index is -1.02. The number of benzene rings is 2. The molecule has 35 heavy (non-hydrogen) atoms. The number of esters is 1. The Balaban J connectivity index is 1.86. The molecule has 4 rings (SSSR count). The molecule has 7 heteroatoms. The lowest BCUT2D eigenvalue weighted by Gasteiger charge is -2.39. The van der Waals surface area contributed by atoms with Crippen LogP contribution in [-0.2, 0) is 19.9 Å². The zero-order valence-corrected chi connectivity index (χ0v) is 20.1. The fourth-order valence-corrected chi connectivity index (χ4v) is 4.76. The number of ether oxygens (including phenoxy) is 1. The van der Waals surface area contributed by atoms with Gasteiger partial charge in [-0.15, -0.1) is 0 Å². The summed E-state index contributed by atoms with van der Waals surface area (Å²) in [5.41, 5.74) is 5.70. The molecule has 0 saturated heterocycles. The van der Waals surface area contributed by atoms with Crippen LogP contribution in [0, 0.1) is 11.3 Å². The van der Waals surface area contributed by atoms with Crippen molar-refractivity contribution < 1.29 is 14.3 Å². The molecule has 1 aliphatic rings. The smallest absolute Gasteiger partial charge is 0.322 e. The van der Waals surface area contributed by atoms with Gasteiger partial charge in [-0.1, -0.05) is 80.6 Å². The lowest BCUT2D eigenvalue weighted by atomic mass is 9.66. The molecule has 3 aromatic rings. The molecule has 2 aromatic carbocycles. The van der Waals surface area contributed by atoms with Crippen molar-refractivity contribution in [3.8, 4) is 0 Å². The van der Waals surface area contributed by atoms with Gasteiger partial charge in [0.25, 0.3) is 0 Å². The molecule has 180 valence electrons. The molecular weight excluding hydrogens is 440 g/mol. The molecule has 1 heterocycles.